The molecule has 1 aromatic heterocycles. The molecule has 7 nitrogen and oxygen atoms in total. The molecule has 0 saturated carbocycles. The fourth-order valence-corrected chi connectivity index (χ4v) is 2.82. The monoisotopic (exact) mass is 352 g/mol. The number of phenols is 1. The Morgan fingerprint density at radius 2 is 2.19 bits per heavy atom. The fraction of sp³-hybridized carbons (Fsp3) is 0.211. The summed E-state index contributed by atoms with van der Waals surface area (Å²) in [5.41, 5.74) is 5.12. The second-order valence-electron chi connectivity index (χ2n) is 5.70. The molecular formula is C19H20N4O3. The van der Waals surface area contributed by atoms with Gasteiger partial charge in [0.1, 0.15) is 5.82 Å². The third-order valence-electron chi connectivity index (χ3n) is 4.14. The van der Waals surface area contributed by atoms with Crippen molar-refractivity contribution < 1.29 is 14.6 Å². The highest BCUT2D eigenvalue weighted by Crippen LogP contribution is 2.27. The van der Waals surface area contributed by atoms with E-state index in [9.17, 15) is 9.90 Å². The first-order valence-electron chi connectivity index (χ1n) is 8.21. The van der Waals surface area contributed by atoms with Gasteiger partial charge < -0.3 is 14.4 Å². The number of carbonyl (C=O) groups excluding carboxylic acids is 1. The van der Waals surface area contributed by atoms with Crippen molar-refractivity contribution in [3.63, 3.8) is 0 Å². The lowest BCUT2D eigenvalue weighted by Crippen LogP contribution is -2.17. The number of carbonyl (C=O) groups is 1. The van der Waals surface area contributed by atoms with Crippen molar-refractivity contribution >= 4 is 23.2 Å². The highest BCUT2D eigenvalue weighted by atomic mass is 16.5. The number of aromatic hydroxyl groups is 1. The van der Waals surface area contributed by atoms with Gasteiger partial charge in [0.2, 0.25) is 0 Å². The number of imidazole rings is 1. The van der Waals surface area contributed by atoms with Gasteiger partial charge in [-0.15, -0.1) is 0 Å². The van der Waals surface area contributed by atoms with E-state index in [1.165, 1.54) is 13.3 Å². The molecule has 2 N–H and O–H groups in total. The van der Waals surface area contributed by atoms with Crippen molar-refractivity contribution in [1.29, 1.82) is 0 Å². The molecule has 26 heavy (non-hydrogen) atoms. The zero-order valence-electron chi connectivity index (χ0n) is 14.9. The van der Waals surface area contributed by atoms with Crippen LogP contribution >= 0.6 is 0 Å². The van der Waals surface area contributed by atoms with Crippen LogP contribution in [0.2, 0.25) is 0 Å². The molecule has 3 aromatic rings. The lowest BCUT2D eigenvalue weighted by molar-refractivity contribution is 0.0955. The van der Waals surface area contributed by atoms with Gasteiger partial charge in [-0.3, -0.25) is 4.79 Å². The predicted octanol–water partition coefficient (Wildman–Crippen LogP) is 2.84. The van der Waals surface area contributed by atoms with Gasteiger partial charge in [-0.1, -0.05) is 6.07 Å². The molecule has 0 spiro atoms. The van der Waals surface area contributed by atoms with E-state index in [1.807, 2.05) is 13.0 Å². The molecule has 0 atom stereocenters. The number of phenolic OH excluding ortho intramolecular Hbond substituents is 1. The quantitative estimate of drug-likeness (QED) is 0.546. The Kier molecular flexibility index (Phi) is 4.88. The Labute approximate surface area is 150 Å². The predicted molar refractivity (Wildman–Crippen MR) is 99.9 cm³/mol. The highest BCUT2D eigenvalue weighted by molar-refractivity contribution is 5.98. The minimum Gasteiger partial charge on any atom is -0.504 e. The van der Waals surface area contributed by atoms with E-state index in [1.54, 1.807) is 30.3 Å². The largest absolute Gasteiger partial charge is 0.504 e. The van der Waals surface area contributed by atoms with Crippen LogP contribution in [-0.4, -0.2) is 33.9 Å². The molecule has 7 heteroatoms. The van der Waals surface area contributed by atoms with E-state index in [4.69, 9.17) is 4.74 Å². The maximum atomic E-state index is 12.3. The molecular weight excluding hydrogens is 332 g/mol. The highest BCUT2D eigenvalue weighted by Gasteiger charge is 2.11. The van der Waals surface area contributed by atoms with Gasteiger partial charge in [-0.2, -0.15) is 5.10 Å². The van der Waals surface area contributed by atoms with Gasteiger partial charge in [-0.25, -0.2) is 10.4 Å². The van der Waals surface area contributed by atoms with Crippen LogP contribution in [0.4, 0.5) is 0 Å². The summed E-state index contributed by atoms with van der Waals surface area (Å²) in [5, 5.41) is 13.9. The van der Waals surface area contributed by atoms with Crippen molar-refractivity contribution in [3.05, 3.63) is 53.3 Å². The van der Waals surface area contributed by atoms with E-state index in [0.717, 1.165) is 23.4 Å². The molecule has 1 amide bonds. The van der Waals surface area contributed by atoms with E-state index in [0.29, 0.717) is 16.9 Å². The minimum absolute atomic E-state index is 0.0324. The summed E-state index contributed by atoms with van der Waals surface area (Å²) in [6.45, 7) is 4.81. The van der Waals surface area contributed by atoms with Crippen LogP contribution in [0.25, 0.3) is 11.0 Å². The molecule has 2 aromatic carbocycles. The normalized spacial score (nSPS) is 11.2. The van der Waals surface area contributed by atoms with Crippen LogP contribution in [0.1, 0.15) is 28.7 Å². The van der Waals surface area contributed by atoms with Gasteiger partial charge >= 0.3 is 0 Å². The number of aromatic nitrogens is 2. The van der Waals surface area contributed by atoms with Crippen molar-refractivity contribution in [1.82, 2.24) is 15.0 Å². The van der Waals surface area contributed by atoms with Crippen molar-refractivity contribution in [2.75, 3.05) is 7.11 Å². The van der Waals surface area contributed by atoms with Gasteiger partial charge in [-0.05, 0) is 44.2 Å². The summed E-state index contributed by atoms with van der Waals surface area (Å²) in [6.07, 6.45) is 1.37. The Balaban J connectivity index is 1.77. The summed E-state index contributed by atoms with van der Waals surface area (Å²) in [5.74, 6) is 0.864. The lowest BCUT2D eigenvalue weighted by Gasteiger charge is -2.05. The van der Waals surface area contributed by atoms with Gasteiger partial charge in [0.05, 0.1) is 24.4 Å². The van der Waals surface area contributed by atoms with E-state index >= 15 is 0 Å². The smallest absolute Gasteiger partial charge is 0.271 e. The molecule has 134 valence electrons. The third kappa shape index (κ3) is 3.23. The number of rotatable bonds is 5. The molecule has 0 aliphatic heterocycles. The summed E-state index contributed by atoms with van der Waals surface area (Å²) in [4.78, 5) is 16.8. The summed E-state index contributed by atoms with van der Waals surface area (Å²) < 4.78 is 7.12. The molecule has 0 fully saturated rings. The van der Waals surface area contributed by atoms with Gasteiger partial charge in [0.15, 0.2) is 11.5 Å². The molecule has 0 unspecified atom stereocenters. The third-order valence-corrected chi connectivity index (χ3v) is 4.14. The molecule has 1 heterocycles. The zero-order valence-corrected chi connectivity index (χ0v) is 14.9. The van der Waals surface area contributed by atoms with Crippen LogP contribution in [0.3, 0.4) is 0 Å². The van der Waals surface area contributed by atoms with E-state index < -0.39 is 0 Å². The minimum atomic E-state index is -0.353. The van der Waals surface area contributed by atoms with Crippen LogP contribution in [0.15, 0.2) is 41.5 Å². The Morgan fingerprint density at radius 3 is 2.92 bits per heavy atom. The summed E-state index contributed by atoms with van der Waals surface area (Å²) in [6, 6.07) is 10.4. The van der Waals surface area contributed by atoms with Crippen LogP contribution in [0, 0.1) is 6.92 Å². The Hall–Kier alpha value is -3.35. The van der Waals surface area contributed by atoms with Crippen LogP contribution in [0.5, 0.6) is 11.5 Å². The summed E-state index contributed by atoms with van der Waals surface area (Å²) in [7, 11) is 1.47. The number of nitrogens with one attached hydrogen (secondary N) is 1. The van der Waals surface area contributed by atoms with Crippen molar-refractivity contribution in [3.8, 4) is 11.5 Å². The number of methoxy groups -OCH3 is 1. The SMILES string of the molecule is CCn1c(C)nc2cc(C(=O)N/N=C/c3cccc(OC)c3O)ccc21. The number of hydrazone groups is 1. The number of hydrogen-bond acceptors (Lipinski definition) is 5. The second kappa shape index (κ2) is 7.26. The number of fused-ring (bicyclic) bond motifs is 1. The number of hydrogen-bond donors (Lipinski definition) is 2. The van der Waals surface area contributed by atoms with Crippen LogP contribution in [-0.2, 0) is 6.54 Å². The molecule has 0 saturated heterocycles. The maximum Gasteiger partial charge on any atom is 0.271 e. The van der Waals surface area contributed by atoms with E-state index in [-0.39, 0.29) is 11.7 Å². The first-order valence-corrected chi connectivity index (χ1v) is 8.21. The molecule has 0 aliphatic rings. The number of amides is 1. The average Bonchev–Trinajstić information content (AvgIpc) is 2.97. The average molecular weight is 352 g/mol. The Morgan fingerprint density at radius 1 is 1.38 bits per heavy atom. The second-order valence-corrected chi connectivity index (χ2v) is 5.70. The molecule has 3 rings (SSSR count). The summed E-state index contributed by atoms with van der Waals surface area (Å²) >= 11 is 0. The van der Waals surface area contributed by atoms with Crippen LogP contribution < -0.4 is 10.2 Å². The standard InChI is InChI=1S/C19H20N4O3/c1-4-23-12(2)21-15-10-13(8-9-16(15)23)19(25)22-20-11-14-6-5-7-17(26-3)18(14)24/h5-11,24H,4H2,1-3H3,(H,22,25)/b20-11+. The lowest BCUT2D eigenvalue weighted by atomic mass is 10.2. The molecule has 0 bridgehead atoms. The maximum absolute atomic E-state index is 12.3. The number of aryl methyl sites for hydroxylation is 2. The van der Waals surface area contributed by atoms with Gasteiger partial charge in [0, 0.05) is 17.7 Å². The first-order chi connectivity index (χ1) is 12.5. The first kappa shape index (κ1) is 17.5. The number of benzene rings is 2. The zero-order chi connectivity index (χ0) is 18.7. The molecule has 0 radical (unpaired) electrons. The van der Waals surface area contributed by atoms with Crippen molar-refractivity contribution in [2.45, 2.75) is 20.4 Å². The number of ether oxygens (including phenoxy) is 1. The molecule has 0 aliphatic carbocycles. The number of nitrogens with zero attached hydrogens (tertiary/aromatic N) is 3. The fourth-order valence-electron chi connectivity index (χ4n) is 2.82. The Bertz CT molecular complexity index is 992. The van der Waals surface area contributed by atoms with Crippen molar-refractivity contribution in [2.24, 2.45) is 5.10 Å². The number of para-hydroxylation sites is 1. The topological polar surface area (TPSA) is 88.7 Å². The van der Waals surface area contributed by atoms with E-state index in [2.05, 4.69) is 27.0 Å². The van der Waals surface area contributed by atoms with Gasteiger partial charge in [0.25, 0.3) is 5.91 Å².